The van der Waals surface area contributed by atoms with Gasteiger partial charge >= 0.3 is 0 Å². The largest absolute Gasteiger partial charge is 0.479 e. The molecule has 0 bridgehead atoms. The number of nitrogens with zero attached hydrogens (tertiary/aromatic N) is 2. The van der Waals surface area contributed by atoms with Gasteiger partial charge in [0.15, 0.2) is 6.10 Å². The van der Waals surface area contributed by atoms with Gasteiger partial charge in [-0.15, -0.1) is 0 Å². The van der Waals surface area contributed by atoms with Crippen molar-refractivity contribution in [2.45, 2.75) is 25.5 Å². The van der Waals surface area contributed by atoms with E-state index >= 15 is 0 Å². The van der Waals surface area contributed by atoms with E-state index in [0.29, 0.717) is 10.6 Å². The van der Waals surface area contributed by atoms with Crippen molar-refractivity contribution in [3.63, 3.8) is 0 Å². The summed E-state index contributed by atoms with van der Waals surface area (Å²) in [7, 11) is 0. The lowest BCUT2D eigenvalue weighted by atomic mass is 10.1. The van der Waals surface area contributed by atoms with Gasteiger partial charge in [-0.1, -0.05) is 53.5 Å². The fourth-order valence-electron chi connectivity index (χ4n) is 3.09. The normalized spacial score (nSPS) is 12.5. The van der Waals surface area contributed by atoms with Crippen molar-refractivity contribution in [2.75, 3.05) is 0 Å². The average Bonchev–Trinajstić information content (AvgIpc) is 2.86. The molecule has 0 aliphatic heterocycles. The highest BCUT2D eigenvalue weighted by atomic mass is 35.5. The summed E-state index contributed by atoms with van der Waals surface area (Å²) in [5, 5.41) is 18.1. The highest BCUT2D eigenvalue weighted by Crippen LogP contribution is 2.28. The number of nitrogens with one attached hydrogen (secondary N) is 2. The standard InChI is InChI=1S/C25H22Cl2N4O5/c1-16(36-23-12-9-19(26)14-21(23)27)24(32)29-22(13-17-5-3-2-4-6-17)25(33)30-28-15-18-7-10-20(11-8-18)31(34)35/h2-12,14-16,22H,13H2,1H3,(H,29,32)(H,30,33)/b28-15-/t16-,22+/m0/s1. The number of hydrazone groups is 1. The number of ether oxygens (including phenoxy) is 1. The van der Waals surface area contributed by atoms with Crippen LogP contribution in [0.5, 0.6) is 5.75 Å². The second-order valence-corrected chi connectivity index (χ2v) is 8.51. The predicted molar refractivity (Wildman–Crippen MR) is 137 cm³/mol. The van der Waals surface area contributed by atoms with E-state index in [-0.39, 0.29) is 22.9 Å². The SMILES string of the molecule is C[C@H](Oc1ccc(Cl)cc1Cl)C(=O)N[C@H](Cc1ccccc1)C(=O)N/N=C\c1ccc([N+](=O)[O-])cc1. The lowest BCUT2D eigenvalue weighted by Gasteiger charge is -2.21. The molecule has 3 rings (SSSR count). The minimum atomic E-state index is -0.960. The molecule has 9 nitrogen and oxygen atoms in total. The highest BCUT2D eigenvalue weighted by Gasteiger charge is 2.25. The minimum absolute atomic E-state index is 0.0574. The van der Waals surface area contributed by atoms with E-state index in [1.54, 1.807) is 12.1 Å². The van der Waals surface area contributed by atoms with Gasteiger partial charge in [-0.25, -0.2) is 5.43 Å². The first kappa shape index (κ1) is 26.7. The Kier molecular flexibility index (Phi) is 9.38. The van der Waals surface area contributed by atoms with Crippen LogP contribution >= 0.6 is 23.2 Å². The minimum Gasteiger partial charge on any atom is -0.479 e. The van der Waals surface area contributed by atoms with Crippen molar-refractivity contribution < 1.29 is 19.2 Å². The third-order valence-electron chi connectivity index (χ3n) is 4.97. The molecule has 0 unspecified atom stereocenters. The molecular weight excluding hydrogens is 507 g/mol. The molecule has 186 valence electrons. The summed E-state index contributed by atoms with van der Waals surface area (Å²) in [6.07, 6.45) is 0.593. The topological polar surface area (TPSA) is 123 Å². The predicted octanol–water partition coefficient (Wildman–Crippen LogP) is 4.55. The van der Waals surface area contributed by atoms with Gasteiger partial charge < -0.3 is 10.1 Å². The quantitative estimate of drug-likeness (QED) is 0.227. The summed E-state index contributed by atoms with van der Waals surface area (Å²) >= 11 is 12.0. The molecule has 0 aromatic heterocycles. The van der Waals surface area contributed by atoms with E-state index in [9.17, 15) is 19.7 Å². The maximum atomic E-state index is 12.9. The Labute approximate surface area is 217 Å². The lowest BCUT2D eigenvalue weighted by Crippen LogP contribution is -2.50. The van der Waals surface area contributed by atoms with E-state index < -0.39 is 28.9 Å². The van der Waals surface area contributed by atoms with E-state index in [0.717, 1.165) is 5.56 Å². The Morgan fingerprint density at radius 3 is 2.39 bits per heavy atom. The van der Waals surface area contributed by atoms with Crippen LogP contribution < -0.4 is 15.5 Å². The van der Waals surface area contributed by atoms with Crippen LogP contribution in [0.25, 0.3) is 0 Å². The van der Waals surface area contributed by atoms with Crippen LogP contribution in [0.1, 0.15) is 18.1 Å². The van der Waals surface area contributed by atoms with Crippen LogP contribution in [0.4, 0.5) is 5.69 Å². The number of carbonyl (C=O) groups excluding carboxylic acids is 2. The Morgan fingerprint density at radius 2 is 1.75 bits per heavy atom. The number of hydrogen-bond donors (Lipinski definition) is 2. The number of carbonyl (C=O) groups is 2. The summed E-state index contributed by atoms with van der Waals surface area (Å²) in [5.74, 6) is -0.806. The van der Waals surface area contributed by atoms with Crippen molar-refractivity contribution in [3.8, 4) is 5.75 Å². The summed E-state index contributed by atoms with van der Waals surface area (Å²) < 4.78 is 5.65. The fraction of sp³-hybridized carbons (Fsp3) is 0.160. The van der Waals surface area contributed by atoms with Crippen LogP contribution in [0.2, 0.25) is 10.0 Å². The molecule has 2 atom stereocenters. The fourth-order valence-corrected chi connectivity index (χ4v) is 3.55. The molecule has 0 radical (unpaired) electrons. The molecule has 0 heterocycles. The number of rotatable bonds is 10. The van der Waals surface area contributed by atoms with E-state index in [1.165, 1.54) is 43.5 Å². The van der Waals surface area contributed by atoms with Gasteiger partial charge in [-0.05, 0) is 48.4 Å². The van der Waals surface area contributed by atoms with Crippen molar-refractivity contribution >= 4 is 46.9 Å². The highest BCUT2D eigenvalue weighted by molar-refractivity contribution is 6.35. The summed E-state index contributed by atoms with van der Waals surface area (Å²) in [6.45, 7) is 1.53. The molecule has 0 saturated carbocycles. The van der Waals surface area contributed by atoms with Crippen LogP contribution in [0.15, 0.2) is 77.9 Å². The van der Waals surface area contributed by atoms with E-state index in [4.69, 9.17) is 27.9 Å². The van der Waals surface area contributed by atoms with Gasteiger partial charge in [0, 0.05) is 23.6 Å². The van der Waals surface area contributed by atoms with Crippen molar-refractivity contribution in [1.82, 2.24) is 10.7 Å². The Hall–Kier alpha value is -3.95. The van der Waals surface area contributed by atoms with Crippen molar-refractivity contribution in [3.05, 3.63) is 104 Å². The molecule has 3 aromatic carbocycles. The van der Waals surface area contributed by atoms with Gasteiger partial charge in [0.25, 0.3) is 17.5 Å². The van der Waals surface area contributed by atoms with E-state index in [2.05, 4.69) is 15.8 Å². The maximum absolute atomic E-state index is 12.9. The first-order valence-corrected chi connectivity index (χ1v) is 11.5. The van der Waals surface area contributed by atoms with E-state index in [1.807, 2.05) is 30.3 Å². The van der Waals surface area contributed by atoms with Gasteiger partial charge in [0.2, 0.25) is 0 Å². The second-order valence-electron chi connectivity index (χ2n) is 7.67. The van der Waals surface area contributed by atoms with Gasteiger partial charge in [0.1, 0.15) is 11.8 Å². The van der Waals surface area contributed by atoms with Crippen LogP contribution in [-0.2, 0) is 16.0 Å². The average molecular weight is 529 g/mol. The molecule has 0 saturated heterocycles. The number of non-ortho nitro benzene ring substituents is 1. The number of amides is 2. The first-order valence-electron chi connectivity index (χ1n) is 10.8. The Balaban J connectivity index is 1.67. The van der Waals surface area contributed by atoms with Gasteiger partial charge in [-0.2, -0.15) is 5.10 Å². The molecule has 36 heavy (non-hydrogen) atoms. The number of benzene rings is 3. The van der Waals surface area contributed by atoms with Crippen LogP contribution in [0, 0.1) is 10.1 Å². The van der Waals surface area contributed by atoms with Crippen molar-refractivity contribution in [2.24, 2.45) is 5.10 Å². The molecule has 0 aliphatic carbocycles. The molecular formula is C25H22Cl2N4O5. The number of nitro groups is 1. The van der Waals surface area contributed by atoms with Crippen LogP contribution in [0.3, 0.4) is 0 Å². The first-order chi connectivity index (χ1) is 17.2. The third-order valence-corrected chi connectivity index (χ3v) is 5.51. The molecule has 2 amide bonds. The van der Waals surface area contributed by atoms with Gasteiger partial charge in [0.05, 0.1) is 16.2 Å². The zero-order valence-corrected chi connectivity index (χ0v) is 20.6. The molecule has 0 fully saturated rings. The number of halogens is 2. The monoisotopic (exact) mass is 528 g/mol. The molecule has 3 aromatic rings. The van der Waals surface area contributed by atoms with Gasteiger partial charge in [-0.3, -0.25) is 19.7 Å². The second kappa shape index (κ2) is 12.7. The molecule has 0 aliphatic rings. The zero-order chi connectivity index (χ0) is 26.1. The maximum Gasteiger partial charge on any atom is 0.269 e. The third kappa shape index (κ3) is 7.79. The molecule has 11 heteroatoms. The summed E-state index contributed by atoms with van der Waals surface area (Å²) in [5.41, 5.74) is 3.72. The van der Waals surface area contributed by atoms with Crippen LogP contribution in [-0.4, -0.2) is 35.1 Å². The Bertz CT molecular complexity index is 1250. The summed E-state index contributed by atoms with van der Waals surface area (Å²) in [4.78, 5) is 36.0. The lowest BCUT2D eigenvalue weighted by molar-refractivity contribution is -0.384. The molecule has 0 spiro atoms. The summed E-state index contributed by atoms with van der Waals surface area (Å²) in [6, 6.07) is 18.5. The number of hydrogen-bond acceptors (Lipinski definition) is 6. The molecule has 2 N–H and O–H groups in total. The van der Waals surface area contributed by atoms with Crippen molar-refractivity contribution in [1.29, 1.82) is 0 Å². The Morgan fingerprint density at radius 1 is 1.06 bits per heavy atom. The zero-order valence-electron chi connectivity index (χ0n) is 19.1. The number of nitro benzene ring substituents is 1. The smallest absolute Gasteiger partial charge is 0.269 e.